The molecule has 1 heterocycles. The molecule has 0 aromatic heterocycles. The lowest BCUT2D eigenvalue weighted by Crippen LogP contribution is -2.37. The molecule has 4 nitrogen and oxygen atoms in total. The monoisotopic (exact) mass is 372 g/mol. The minimum absolute atomic E-state index is 0.0165. The van der Waals surface area contributed by atoms with Crippen molar-refractivity contribution in [1.82, 2.24) is 10.2 Å². The molecule has 1 aliphatic rings. The summed E-state index contributed by atoms with van der Waals surface area (Å²) < 4.78 is 5.55. The molecule has 2 aromatic carbocycles. The summed E-state index contributed by atoms with van der Waals surface area (Å²) in [4.78, 5) is 14.9. The second-order valence-electron chi connectivity index (χ2n) is 6.57. The van der Waals surface area contributed by atoms with Gasteiger partial charge in [-0.1, -0.05) is 48.0 Å². The number of benzene rings is 2. The first kappa shape index (κ1) is 18.7. The molecule has 1 unspecified atom stereocenters. The Morgan fingerprint density at radius 3 is 2.58 bits per heavy atom. The highest BCUT2D eigenvalue weighted by Crippen LogP contribution is 2.31. The Bertz CT molecular complexity index is 744. The highest BCUT2D eigenvalue weighted by atomic mass is 35.5. The number of rotatable bonds is 7. The van der Waals surface area contributed by atoms with E-state index in [4.69, 9.17) is 16.3 Å². The number of ether oxygens (including phenoxy) is 1. The van der Waals surface area contributed by atoms with Crippen LogP contribution in [0.3, 0.4) is 0 Å². The van der Waals surface area contributed by atoms with Crippen LogP contribution in [-0.2, 0) is 11.2 Å². The summed E-state index contributed by atoms with van der Waals surface area (Å²) in [6, 6.07) is 15.6. The predicted octanol–water partition coefficient (Wildman–Crippen LogP) is 3.84. The van der Waals surface area contributed by atoms with Crippen molar-refractivity contribution in [2.75, 3.05) is 26.7 Å². The van der Waals surface area contributed by atoms with Crippen molar-refractivity contribution in [1.29, 1.82) is 0 Å². The second-order valence-corrected chi connectivity index (χ2v) is 6.98. The lowest BCUT2D eigenvalue weighted by molar-refractivity contribution is -0.120. The molecule has 26 heavy (non-hydrogen) atoms. The van der Waals surface area contributed by atoms with Gasteiger partial charge in [0.05, 0.1) is 19.6 Å². The second kappa shape index (κ2) is 9.06. The van der Waals surface area contributed by atoms with Crippen molar-refractivity contribution in [3.05, 3.63) is 64.7 Å². The van der Waals surface area contributed by atoms with Gasteiger partial charge in [0.25, 0.3) is 0 Å². The third kappa shape index (κ3) is 4.57. The molecule has 1 atom stereocenters. The maximum atomic E-state index is 12.5. The Kier molecular flexibility index (Phi) is 6.53. The van der Waals surface area contributed by atoms with Gasteiger partial charge in [-0.2, -0.15) is 0 Å². The number of halogens is 1. The maximum Gasteiger partial charge on any atom is 0.224 e. The van der Waals surface area contributed by atoms with Crippen LogP contribution in [0.5, 0.6) is 5.75 Å². The number of carbonyl (C=O) groups is 1. The predicted molar refractivity (Wildman–Crippen MR) is 105 cm³/mol. The summed E-state index contributed by atoms with van der Waals surface area (Å²) in [5.41, 5.74) is 1.97. The molecule has 1 saturated heterocycles. The Labute approximate surface area is 160 Å². The van der Waals surface area contributed by atoms with Gasteiger partial charge < -0.3 is 10.1 Å². The van der Waals surface area contributed by atoms with Crippen molar-refractivity contribution in [3.8, 4) is 5.75 Å². The number of nitrogens with zero attached hydrogens (tertiary/aromatic N) is 1. The molecule has 0 spiro atoms. The van der Waals surface area contributed by atoms with E-state index in [0.717, 1.165) is 30.0 Å². The zero-order valence-corrected chi connectivity index (χ0v) is 15.8. The number of nitrogens with one attached hydrogen (secondary N) is 1. The standard InChI is InChI=1S/C21H25ClN2O2/c1-26-20-11-5-3-9-17(20)19(24-12-6-7-13-24)15-23-21(25)14-16-8-2-4-10-18(16)22/h2-5,8-11,19H,6-7,12-15H2,1H3,(H,23,25). The summed E-state index contributed by atoms with van der Waals surface area (Å²) in [5.74, 6) is 0.849. The van der Waals surface area contributed by atoms with Gasteiger partial charge in [0.2, 0.25) is 5.91 Å². The summed E-state index contributed by atoms with van der Waals surface area (Å²) in [6.45, 7) is 2.65. The number of hydrogen-bond acceptors (Lipinski definition) is 3. The molecular weight excluding hydrogens is 348 g/mol. The van der Waals surface area contributed by atoms with Gasteiger partial charge in [0, 0.05) is 17.1 Å². The van der Waals surface area contributed by atoms with Crippen molar-refractivity contribution in [2.45, 2.75) is 25.3 Å². The zero-order valence-electron chi connectivity index (χ0n) is 15.1. The van der Waals surface area contributed by atoms with Gasteiger partial charge in [-0.3, -0.25) is 9.69 Å². The molecule has 138 valence electrons. The van der Waals surface area contributed by atoms with E-state index >= 15 is 0 Å². The molecule has 1 N–H and O–H groups in total. The first-order chi connectivity index (χ1) is 12.7. The Morgan fingerprint density at radius 1 is 1.15 bits per heavy atom. The van der Waals surface area contributed by atoms with Gasteiger partial charge in [0.1, 0.15) is 5.75 Å². The number of likely N-dealkylation sites (tertiary alicyclic amines) is 1. The molecule has 2 aromatic rings. The van der Waals surface area contributed by atoms with Crippen LogP contribution >= 0.6 is 11.6 Å². The minimum atomic E-state index is -0.0165. The van der Waals surface area contributed by atoms with Gasteiger partial charge in [-0.25, -0.2) is 0 Å². The number of carbonyl (C=O) groups excluding carboxylic acids is 1. The lowest BCUT2D eigenvalue weighted by atomic mass is 10.0. The van der Waals surface area contributed by atoms with E-state index in [9.17, 15) is 4.79 Å². The lowest BCUT2D eigenvalue weighted by Gasteiger charge is -2.29. The quantitative estimate of drug-likeness (QED) is 0.802. The third-order valence-electron chi connectivity index (χ3n) is 4.88. The third-order valence-corrected chi connectivity index (χ3v) is 5.25. The van der Waals surface area contributed by atoms with Gasteiger partial charge in [0.15, 0.2) is 0 Å². The fourth-order valence-electron chi connectivity index (χ4n) is 3.52. The van der Waals surface area contributed by atoms with Crippen LogP contribution in [0.1, 0.15) is 30.0 Å². The largest absolute Gasteiger partial charge is 0.496 e. The van der Waals surface area contributed by atoms with E-state index < -0.39 is 0 Å². The van der Waals surface area contributed by atoms with Crippen LogP contribution in [-0.4, -0.2) is 37.6 Å². The highest BCUT2D eigenvalue weighted by molar-refractivity contribution is 6.31. The van der Waals surface area contributed by atoms with Crippen molar-refractivity contribution >= 4 is 17.5 Å². The topological polar surface area (TPSA) is 41.6 Å². The fourth-order valence-corrected chi connectivity index (χ4v) is 3.72. The van der Waals surface area contributed by atoms with E-state index in [2.05, 4.69) is 16.3 Å². The van der Waals surface area contributed by atoms with Gasteiger partial charge >= 0.3 is 0 Å². The molecule has 5 heteroatoms. The van der Waals surface area contributed by atoms with E-state index in [1.54, 1.807) is 7.11 Å². The SMILES string of the molecule is COc1ccccc1C(CNC(=O)Cc1ccccc1Cl)N1CCCC1. The maximum absolute atomic E-state index is 12.5. The first-order valence-corrected chi connectivity index (χ1v) is 9.44. The molecule has 1 amide bonds. The van der Waals surface area contributed by atoms with E-state index in [1.165, 1.54) is 12.8 Å². The van der Waals surface area contributed by atoms with Crippen LogP contribution in [0.25, 0.3) is 0 Å². The fraction of sp³-hybridized carbons (Fsp3) is 0.381. The zero-order chi connectivity index (χ0) is 18.4. The summed E-state index contributed by atoms with van der Waals surface area (Å²) in [7, 11) is 1.69. The van der Waals surface area contributed by atoms with Crippen LogP contribution in [0.4, 0.5) is 0 Å². The molecule has 0 radical (unpaired) electrons. The van der Waals surface area contributed by atoms with Crippen molar-refractivity contribution < 1.29 is 9.53 Å². The Balaban J connectivity index is 1.70. The number of methoxy groups -OCH3 is 1. The molecule has 0 aliphatic carbocycles. The molecule has 3 rings (SSSR count). The van der Waals surface area contributed by atoms with E-state index in [-0.39, 0.29) is 18.4 Å². The molecule has 1 aliphatic heterocycles. The molecule has 1 fully saturated rings. The van der Waals surface area contributed by atoms with E-state index in [0.29, 0.717) is 11.6 Å². The average molecular weight is 373 g/mol. The summed E-state index contributed by atoms with van der Waals surface area (Å²) in [6.07, 6.45) is 2.68. The first-order valence-electron chi connectivity index (χ1n) is 9.06. The van der Waals surface area contributed by atoms with Gasteiger partial charge in [-0.15, -0.1) is 0 Å². The number of hydrogen-bond donors (Lipinski definition) is 1. The minimum Gasteiger partial charge on any atom is -0.496 e. The van der Waals surface area contributed by atoms with Crippen molar-refractivity contribution in [3.63, 3.8) is 0 Å². The summed E-state index contributed by atoms with van der Waals surface area (Å²) >= 11 is 6.17. The van der Waals surface area contributed by atoms with Crippen LogP contribution in [0, 0.1) is 0 Å². The van der Waals surface area contributed by atoms with Crippen LogP contribution < -0.4 is 10.1 Å². The van der Waals surface area contributed by atoms with Crippen molar-refractivity contribution in [2.24, 2.45) is 0 Å². The Hall–Kier alpha value is -2.04. The normalized spacial score (nSPS) is 15.6. The molecule has 0 bridgehead atoms. The summed E-state index contributed by atoms with van der Waals surface area (Å²) in [5, 5.41) is 3.72. The van der Waals surface area contributed by atoms with Crippen LogP contribution in [0.15, 0.2) is 48.5 Å². The smallest absolute Gasteiger partial charge is 0.224 e. The number of para-hydroxylation sites is 1. The van der Waals surface area contributed by atoms with Crippen LogP contribution in [0.2, 0.25) is 5.02 Å². The number of amides is 1. The molecule has 0 saturated carbocycles. The average Bonchev–Trinajstić information content (AvgIpc) is 3.19. The Morgan fingerprint density at radius 2 is 1.85 bits per heavy atom. The highest BCUT2D eigenvalue weighted by Gasteiger charge is 2.26. The van der Waals surface area contributed by atoms with Gasteiger partial charge in [-0.05, 0) is 43.6 Å². The molecular formula is C21H25ClN2O2. The van der Waals surface area contributed by atoms with E-state index in [1.807, 2.05) is 42.5 Å².